The molecule has 0 saturated heterocycles. The van der Waals surface area contributed by atoms with Crippen LogP contribution in [0.25, 0.3) is 32.4 Å². The van der Waals surface area contributed by atoms with Gasteiger partial charge in [0.2, 0.25) is 0 Å². The van der Waals surface area contributed by atoms with E-state index in [1.165, 1.54) is 17.1 Å². The molecule has 0 N–H and O–H groups in total. The summed E-state index contributed by atoms with van der Waals surface area (Å²) in [6.07, 6.45) is 3.35. The Morgan fingerprint density at radius 3 is 2.47 bits per heavy atom. The van der Waals surface area contributed by atoms with Gasteiger partial charge < -0.3 is 0 Å². The highest BCUT2D eigenvalue weighted by molar-refractivity contribution is 6.37. The minimum absolute atomic E-state index is 0.667. The minimum atomic E-state index is 0.667. The highest BCUT2D eigenvalue weighted by Crippen LogP contribution is 2.32. The average molecular weight is 265 g/mol. The van der Waals surface area contributed by atoms with Crippen molar-refractivity contribution < 1.29 is 0 Å². The highest BCUT2D eigenvalue weighted by atomic mass is 35.5. The van der Waals surface area contributed by atoms with Gasteiger partial charge in [0, 0.05) is 11.6 Å². The van der Waals surface area contributed by atoms with Crippen molar-refractivity contribution in [2.75, 3.05) is 0 Å². The van der Waals surface area contributed by atoms with Crippen LogP contribution >= 0.6 is 11.6 Å². The third kappa shape index (κ3) is 1.57. The Morgan fingerprint density at radius 2 is 1.63 bits per heavy atom. The third-order valence-corrected chi connectivity index (χ3v) is 3.72. The number of hydrogen-bond donors (Lipinski definition) is 0. The van der Waals surface area contributed by atoms with E-state index in [-0.39, 0.29) is 0 Å². The van der Waals surface area contributed by atoms with Crippen LogP contribution in [0.1, 0.15) is 0 Å². The van der Waals surface area contributed by atoms with Crippen molar-refractivity contribution in [2.45, 2.75) is 0 Å². The summed E-state index contributed by atoms with van der Waals surface area (Å²) >= 11 is 6.30. The fourth-order valence-corrected chi connectivity index (χ4v) is 2.80. The standard InChI is InChI=1S/C16H9ClN2/c17-15-7-12-5-10-3-1-2-4-11(10)6-13(12)14-8-18-9-19-16(14)15/h1-9H. The molecule has 0 aliphatic rings. The van der Waals surface area contributed by atoms with E-state index in [4.69, 9.17) is 11.6 Å². The second-order valence-electron chi connectivity index (χ2n) is 4.56. The molecule has 4 aromatic rings. The zero-order valence-corrected chi connectivity index (χ0v) is 10.7. The van der Waals surface area contributed by atoms with Crippen LogP contribution in [0.5, 0.6) is 0 Å². The van der Waals surface area contributed by atoms with Gasteiger partial charge in [0.15, 0.2) is 0 Å². The molecule has 0 bridgehead atoms. The second-order valence-corrected chi connectivity index (χ2v) is 4.97. The van der Waals surface area contributed by atoms with Gasteiger partial charge in [-0.3, -0.25) is 0 Å². The molecule has 0 saturated carbocycles. The Balaban J connectivity index is 2.29. The SMILES string of the molecule is Clc1cc2cc3ccccc3cc2c2cncnc12. The normalized spacial score (nSPS) is 11.4. The molecule has 0 spiro atoms. The Bertz CT molecular complexity index is 931. The molecule has 1 heterocycles. The lowest BCUT2D eigenvalue weighted by molar-refractivity contribution is 1.23. The first-order valence-corrected chi connectivity index (χ1v) is 6.41. The van der Waals surface area contributed by atoms with E-state index in [1.807, 2.05) is 24.4 Å². The number of rotatable bonds is 0. The van der Waals surface area contributed by atoms with Gasteiger partial charge in [-0.1, -0.05) is 35.9 Å². The first-order chi connectivity index (χ1) is 9.33. The Kier molecular flexibility index (Phi) is 2.20. The molecule has 0 fully saturated rings. The highest BCUT2D eigenvalue weighted by Gasteiger charge is 2.07. The van der Waals surface area contributed by atoms with Crippen molar-refractivity contribution in [1.82, 2.24) is 9.97 Å². The fraction of sp³-hybridized carbons (Fsp3) is 0. The maximum absolute atomic E-state index is 6.30. The molecule has 4 rings (SSSR count). The zero-order chi connectivity index (χ0) is 12.8. The summed E-state index contributed by atoms with van der Waals surface area (Å²) in [5.74, 6) is 0. The van der Waals surface area contributed by atoms with Crippen LogP contribution in [0.3, 0.4) is 0 Å². The lowest BCUT2D eigenvalue weighted by Gasteiger charge is -2.07. The van der Waals surface area contributed by atoms with E-state index in [0.717, 1.165) is 21.7 Å². The van der Waals surface area contributed by atoms with E-state index in [2.05, 4.69) is 34.2 Å². The predicted octanol–water partition coefficient (Wildman–Crippen LogP) is 4.59. The Morgan fingerprint density at radius 1 is 0.842 bits per heavy atom. The van der Waals surface area contributed by atoms with Gasteiger partial charge in [-0.25, -0.2) is 9.97 Å². The molecule has 3 aromatic carbocycles. The van der Waals surface area contributed by atoms with Crippen molar-refractivity contribution in [3.8, 4) is 0 Å². The monoisotopic (exact) mass is 264 g/mol. The molecule has 1 aromatic heterocycles. The van der Waals surface area contributed by atoms with Crippen LogP contribution in [0.15, 0.2) is 55.0 Å². The largest absolute Gasteiger partial charge is 0.244 e. The topological polar surface area (TPSA) is 25.8 Å². The maximum Gasteiger partial charge on any atom is 0.116 e. The summed E-state index contributed by atoms with van der Waals surface area (Å²) in [5, 5.41) is 6.34. The predicted molar refractivity (Wildman–Crippen MR) is 79.6 cm³/mol. The van der Waals surface area contributed by atoms with Gasteiger partial charge in [0.05, 0.1) is 10.5 Å². The van der Waals surface area contributed by atoms with Gasteiger partial charge in [-0.05, 0) is 39.7 Å². The van der Waals surface area contributed by atoms with Crippen molar-refractivity contribution >= 4 is 44.0 Å². The molecule has 2 nitrogen and oxygen atoms in total. The molecule has 0 aliphatic carbocycles. The van der Waals surface area contributed by atoms with Crippen molar-refractivity contribution in [1.29, 1.82) is 0 Å². The number of aromatic nitrogens is 2. The maximum atomic E-state index is 6.30. The van der Waals surface area contributed by atoms with Gasteiger partial charge in [0.1, 0.15) is 6.33 Å². The van der Waals surface area contributed by atoms with Crippen LogP contribution in [0.2, 0.25) is 5.02 Å². The first-order valence-electron chi connectivity index (χ1n) is 6.04. The first kappa shape index (κ1) is 10.7. The number of fused-ring (bicyclic) bond motifs is 4. The zero-order valence-electron chi connectivity index (χ0n) is 9.97. The van der Waals surface area contributed by atoms with Gasteiger partial charge in [0.25, 0.3) is 0 Å². The van der Waals surface area contributed by atoms with Gasteiger partial charge in [-0.2, -0.15) is 0 Å². The molecule has 90 valence electrons. The molecule has 19 heavy (non-hydrogen) atoms. The second kappa shape index (κ2) is 3.90. The molecule has 0 radical (unpaired) electrons. The van der Waals surface area contributed by atoms with Crippen LogP contribution < -0.4 is 0 Å². The number of benzene rings is 3. The number of hydrogen-bond acceptors (Lipinski definition) is 2. The van der Waals surface area contributed by atoms with Crippen LogP contribution in [0, 0.1) is 0 Å². The quantitative estimate of drug-likeness (QED) is 0.343. The molecule has 0 amide bonds. The lowest BCUT2D eigenvalue weighted by atomic mass is 10.0. The summed E-state index contributed by atoms with van der Waals surface area (Å²) < 4.78 is 0. The van der Waals surface area contributed by atoms with Crippen molar-refractivity contribution in [2.24, 2.45) is 0 Å². The summed E-state index contributed by atoms with van der Waals surface area (Å²) in [6.45, 7) is 0. The van der Waals surface area contributed by atoms with E-state index in [1.54, 1.807) is 0 Å². The number of nitrogens with zero attached hydrogens (tertiary/aromatic N) is 2. The van der Waals surface area contributed by atoms with E-state index in [0.29, 0.717) is 5.02 Å². The van der Waals surface area contributed by atoms with Crippen molar-refractivity contribution in [3.63, 3.8) is 0 Å². The van der Waals surface area contributed by atoms with E-state index in [9.17, 15) is 0 Å². The molecule has 0 atom stereocenters. The Labute approximate surface area is 114 Å². The van der Waals surface area contributed by atoms with Crippen molar-refractivity contribution in [3.05, 3.63) is 60.0 Å². The lowest BCUT2D eigenvalue weighted by Crippen LogP contribution is -1.85. The summed E-state index contributed by atoms with van der Waals surface area (Å²) in [4.78, 5) is 8.38. The van der Waals surface area contributed by atoms with Gasteiger partial charge in [-0.15, -0.1) is 0 Å². The molecule has 3 heteroatoms. The van der Waals surface area contributed by atoms with Gasteiger partial charge >= 0.3 is 0 Å². The Hall–Kier alpha value is -2.19. The summed E-state index contributed by atoms with van der Waals surface area (Å²) in [7, 11) is 0. The minimum Gasteiger partial charge on any atom is -0.244 e. The van der Waals surface area contributed by atoms with Crippen LogP contribution in [0.4, 0.5) is 0 Å². The van der Waals surface area contributed by atoms with Crippen LogP contribution in [-0.2, 0) is 0 Å². The van der Waals surface area contributed by atoms with Crippen LogP contribution in [-0.4, -0.2) is 9.97 Å². The smallest absolute Gasteiger partial charge is 0.116 e. The molecule has 0 unspecified atom stereocenters. The fourth-order valence-electron chi connectivity index (χ4n) is 2.53. The van der Waals surface area contributed by atoms with E-state index >= 15 is 0 Å². The average Bonchev–Trinajstić information content (AvgIpc) is 2.46. The molecule has 0 aliphatic heterocycles. The summed E-state index contributed by atoms with van der Waals surface area (Å²) in [5.41, 5.74) is 0.805. The number of halogens is 1. The molecular weight excluding hydrogens is 256 g/mol. The van der Waals surface area contributed by atoms with E-state index < -0.39 is 0 Å². The third-order valence-electron chi connectivity index (χ3n) is 3.43. The molecular formula is C16H9ClN2. The summed E-state index contributed by atoms with van der Waals surface area (Å²) in [6, 6.07) is 14.6.